The van der Waals surface area contributed by atoms with Crippen LogP contribution < -0.4 is 5.32 Å². The molecule has 0 bridgehead atoms. The van der Waals surface area contributed by atoms with Crippen molar-refractivity contribution in [2.24, 2.45) is 0 Å². The van der Waals surface area contributed by atoms with Crippen LogP contribution in [0.1, 0.15) is 27.3 Å². The second-order valence-electron chi connectivity index (χ2n) is 5.91. The van der Waals surface area contributed by atoms with Crippen molar-refractivity contribution >= 4 is 52.3 Å². The molecule has 0 radical (unpaired) electrons. The number of carbonyl (C=O) groups is 2. The molecule has 29 heavy (non-hydrogen) atoms. The second kappa shape index (κ2) is 10.4. The molecule has 0 aliphatic heterocycles. The van der Waals surface area contributed by atoms with Crippen LogP contribution in [-0.4, -0.2) is 27.8 Å². The lowest BCUT2D eigenvalue weighted by Crippen LogP contribution is -2.11. The number of benzene rings is 2. The molecule has 0 aliphatic rings. The lowest BCUT2D eigenvalue weighted by atomic mass is 10.1. The quantitative estimate of drug-likeness (QED) is 0.393. The molecule has 1 heterocycles. The fourth-order valence-corrected chi connectivity index (χ4v) is 3.74. The fraction of sp³-hybridized carbons (Fsp3) is 0.200. The van der Waals surface area contributed by atoms with Gasteiger partial charge in [0.15, 0.2) is 5.01 Å². The maximum Gasteiger partial charge on any atom is 0.316 e. The molecule has 1 aromatic heterocycles. The molecule has 1 amide bonds. The fourth-order valence-electron chi connectivity index (χ4n) is 2.27. The zero-order valence-corrected chi connectivity index (χ0v) is 17.9. The molecule has 3 rings (SSSR count). The number of hydrogen-bond acceptors (Lipinski definition) is 7. The van der Waals surface area contributed by atoms with Gasteiger partial charge in [0.1, 0.15) is 6.61 Å². The topological polar surface area (TPSA) is 81.2 Å². The Labute approximate surface area is 181 Å². The Bertz CT molecular complexity index is 975. The predicted octanol–water partition coefficient (Wildman–Crippen LogP) is 4.84. The van der Waals surface area contributed by atoms with Gasteiger partial charge in [0, 0.05) is 15.6 Å². The number of esters is 1. The molecule has 0 unspecified atom stereocenters. The Morgan fingerprint density at radius 1 is 1.10 bits per heavy atom. The van der Waals surface area contributed by atoms with Crippen molar-refractivity contribution in [1.82, 2.24) is 10.2 Å². The third-order valence-corrected chi connectivity index (χ3v) is 5.94. The third-order valence-electron chi connectivity index (χ3n) is 3.81. The predicted molar refractivity (Wildman–Crippen MR) is 116 cm³/mol. The van der Waals surface area contributed by atoms with Crippen molar-refractivity contribution in [1.29, 1.82) is 0 Å². The summed E-state index contributed by atoms with van der Waals surface area (Å²) in [5.74, 6) is -0.550. The summed E-state index contributed by atoms with van der Waals surface area (Å²) in [5, 5.41) is 11.9. The van der Waals surface area contributed by atoms with Gasteiger partial charge in [-0.3, -0.25) is 9.59 Å². The molecule has 0 atom stereocenters. The van der Waals surface area contributed by atoms with Gasteiger partial charge in [0.25, 0.3) is 5.91 Å². The number of hydrogen-bond donors (Lipinski definition) is 1. The van der Waals surface area contributed by atoms with Gasteiger partial charge in [0.2, 0.25) is 5.01 Å². The van der Waals surface area contributed by atoms with Crippen molar-refractivity contribution < 1.29 is 14.3 Å². The van der Waals surface area contributed by atoms with E-state index in [1.54, 1.807) is 12.1 Å². The lowest BCUT2D eigenvalue weighted by Gasteiger charge is -2.03. The number of nitrogens with zero attached hydrogens (tertiary/aromatic N) is 2. The van der Waals surface area contributed by atoms with E-state index in [2.05, 4.69) is 22.4 Å². The highest BCUT2D eigenvalue weighted by molar-refractivity contribution is 8.00. The number of halogens is 1. The van der Waals surface area contributed by atoms with Crippen LogP contribution in [0.2, 0.25) is 5.02 Å². The molecule has 9 heteroatoms. The summed E-state index contributed by atoms with van der Waals surface area (Å²) in [6.45, 7) is 2.05. The molecular formula is C20H18ClN3O3S2. The summed E-state index contributed by atoms with van der Waals surface area (Å²) < 4.78 is 5.20. The average molecular weight is 448 g/mol. The Hall–Kier alpha value is -2.42. The minimum Gasteiger partial charge on any atom is -0.458 e. The number of thioether (sulfide) groups is 1. The molecule has 150 valence electrons. The van der Waals surface area contributed by atoms with E-state index in [9.17, 15) is 9.59 Å². The zero-order valence-electron chi connectivity index (χ0n) is 15.6. The Morgan fingerprint density at radius 2 is 1.83 bits per heavy atom. The van der Waals surface area contributed by atoms with E-state index >= 15 is 0 Å². The first-order valence-electron chi connectivity index (χ1n) is 8.80. The minimum absolute atomic E-state index is 0.0177. The van der Waals surface area contributed by atoms with E-state index in [1.807, 2.05) is 36.4 Å². The van der Waals surface area contributed by atoms with Crippen LogP contribution in [0.15, 0.2) is 53.4 Å². The molecule has 0 saturated heterocycles. The summed E-state index contributed by atoms with van der Waals surface area (Å²) in [7, 11) is 0. The minimum atomic E-state index is -0.373. The Balaban J connectivity index is 1.45. The molecule has 0 spiro atoms. The number of aromatic nitrogens is 2. The van der Waals surface area contributed by atoms with E-state index in [0.717, 1.165) is 22.7 Å². The van der Waals surface area contributed by atoms with Gasteiger partial charge < -0.3 is 10.1 Å². The van der Waals surface area contributed by atoms with Crippen LogP contribution in [0.4, 0.5) is 5.69 Å². The lowest BCUT2D eigenvalue weighted by molar-refractivity contribution is -0.141. The van der Waals surface area contributed by atoms with E-state index in [1.165, 1.54) is 17.3 Å². The first-order chi connectivity index (χ1) is 14.0. The Morgan fingerprint density at radius 3 is 2.52 bits per heavy atom. The van der Waals surface area contributed by atoms with Crippen LogP contribution in [0.5, 0.6) is 0 Å². The van der Waals surface area contributed by atoms with Gasteiger partial charge in [-0.15, -0.1) is 22.0 Å². The summed E-state index contributed by atoms with van der Waals surface area (Å²) in [6.07, 6.45) is 0.935. The van der Waals surface area contributed by atoms with Crippen molar-refractivity contribution in [2.75, 3.05) is 11.1 Å². The van der Waals surface area contributed by atoms with Gasteiger partial charge in [0.05, 0.1) is 5.75 Å². The number of amides is 1. The molecular weight excluding hydrogens is 430 g/mol. The van der Waals surface area contributed by atoms with E-state index < -0.39 is 0 Å². The normalized spacial score (nSPS) is 10.6. The summed E-state index contributed by atoms with van der Waals surface area (Å²) >= 11 is 8.28. The monoisotopic (exact) mass is 447 g/mol. The van der Waals surface area contributed by atoms with Crippen LogP contribution in [0.25, 0.3) is 0 Å². The van der Waals surface area contributed by atoms with Crippen molar-refractivity contribution in [3.05, 3.63) is 69.1 Å². The van der Waals surface area contributed by atoms with Crippen molar-refractivity contribution in [3.63, 3.8) is 0 Å². The van der Waals surface area contributed by atoms with Crippen LogP contribution in [0, 0.1) is 0 Å². The smallest absolute Gasteiger partial charge is 0.316 e. The number of ether oxygens (including phenoxy) is 1. The standard InChI is InChI=1S/C20H18ClN3O3S2/c1-2-13-3-7-15(8-4-13)22-19(26)20-24-23-17(29-20)11-27-18(25)12-28-16-9-5-14(21)6-10-16/h3-10H,2,11-12H2,1H3,(H,22,26). The third kappa shape index (κ3) is 6.56. The highest BCUT2D eigenvalue weighted by Gasteiger charge is 2.14. The molecule has 3 aromatic rings. The molecule has 0 fully saturated rings. The summed E-state index contributed by atoms with van der Waals surface area (Å²) in [5.41, 5.74) is 1.88. The van der Waals surface area contributed by atoms with Crippen molar-refractivity contribution in [2.45, 2.75) is 24.8 Å². The number of nitrogens with one attached hydrogen (secondary N) is 1. The SMILES string of the molecule is CCc1ccc(NC(=O)c2nnc(COC(=O)CSc3ccc(Cl)cc3)s2)cc1. The van der Waals surface area contributed by atoms with Crippen LogP contribution in [-0.2, 0) is 22.6 Å². The molecule has 1 N–H and O–H groups in total. The maximum atomic E-state index is 12.3. The van der Waals surface area contributed by atoms with Crippen LogP contribution >= 0.6 is 34.7 Å². The maximum absolute atomic E-state index is 12.3. The molecule has 2 aromatic carbocycles. The van der Waals surface area contributed by atoms with Crippen LogP contribution in [0.3, 0.4) is 0 Å². The largest absolute Gasteiger partial charge is 0.458 e. The van der Waals surface area contributed by atoms with Gasteiger partial charge in [-0.1, -0.05) is 42.0 Å². The summed E-state index contributed by atoms with van der Waals surface area (Å²) in [4.78, 5) is 25.1. The molecule has 0 aliphatic carbocycles. The van der Waals surface area contributed by atoms with Gasteiger partial charge in [-0.25, -0.2) is 0 Å². The first kappa shape index (κ1) is 21.3. The highest BCUT2D eigenvalue weighted by Crippen LogP contribution is 2.21. The van der Waals surface area contributed by atoms with Gasteiger partial charge in [-0.05, 0) is 48.4 Å². The van der Waals surface area contributed by atoms with E-state index in [4.69, 9.17) is 16.3 Å². The first-order valence-corrected chi connectivity index (χ1v) is 11.0. The number of aryl methyl sites for hydroxylation is 1. The highest BCUT2D eigenvalue weighted by atomic mass is 35.5. The van der Waals surface area contributed by atoms with Gasteiger partial charge in [-0.2, -0.15) is 0 Å². The number of anilines is 1. The average Bonchev–Trinajstić information content (AvgIpc) is 3.22. The molecule has 0 saturated carbocycles. The molecule has 6 nitrogen and oxygen atoms in total. The number of rotatable bonds is 8. The number of carbonyl (C=O) groups excluding carboxylic acids is 2. The van der Waals surface area contributed by atoms with E-state index in [-0.39, 0.29) is 29.2 Å². The van der Waals surface area contributed by atoms with Gasteiger partial charge >= 0.3 is 5.97 Å². The zero-order chi connectivity index (χ0) is 20.6. The summed E-state index contributed by atoms with van der Waals surface area (Å²) in [6, 6.07) is 14.8. The second-order valence-corrected chi connectivity index (χ2v) is 8.46. The van der Waals surface area contributed by atoms with Crippen molar-refractivity contribution in [3.8, 4) is 0 Å². The van der Waals surface area contributed by atoms with E-state index in [0.29, 0.717) is 15.7 Å². The Kier molecular flexibility index (Phi) is 7.62.